The summed E-state index contributed by atoms with van der Waals surface area (Å²) in [6, 6.07) is 8.07. The molecule has 6 nitrogen and oxygen atoms in total. The molecule has 0 atom stereocenters. The number of likely N-dealkylation sites (tertiary alicyclic amines) is 1. The zero-order valence-electron chi connectivity index (χ0n) is 18.7. The van der Waals surface area contributed by atoms with Crippen molar-refractivity contribution in [2.24, 2.45) is 10.3 Å². The fraction of sp³-hybridized carbons (Fsp3) is 0.583. The molecule has 1 saturated carbocycles. The van der Waals surface area contributed by atoms with Crippen LogP contribution in [0.5, 0.6) is 0 Å². The van der Waals surface area contributed by atoms with Crippen molar-refractivity contribution in [2.45, 2.75) is 71.3 Å². The first kappa shape index (κ1) is 22.1. The Labute approximate surface area is 185 Å². The first-order chi connectivity index (χ1) is 14.8. The first-order valence-corrected chi connectivity index (χ1v) is 12.9. The lowest BCUT2D eigenvalue weighted by atomic mass is 9.94. The molecule has 0 aromatic heterocycles. The van der Waals surface area contributed by atoms with E-state index in [1.807, 2.05) is 36.1 Å². The quantitative estimate of drug-likeness (QED) is 0.761. The molecule has 1 amide bonds. The predicted octanol–water partition coefficient (Wildman–Crippen LogP) is 4.05. The van der Waals surface area contributed by atoms with E-state index in [0.717, 1.165) is 25.7 Å². The minimum atomic E-state index is -3.72. The third-order valence-electron chi connectivity index (χ3n) is 6.85. The van der Waals surface area contributed by atoms with Gasteiger partial charge in [-0.15, -0.1) is 4.40 Å². The first-order valence-electron chi connectivity index (χ1n) is 11.5. The van der Waals surface area contributed by atoms with E-state index in [9.17, 15) is 13.2 Å². The van der Waals surface area contributed by atoms with Crippen LogP contribution in [-0.2, 0) is 14.8 Å². The number of hydrogen-bond acceptors (Lipinski definition) is 4. The third kappa shape index (κ3) is 4.56. The van der Waals surface area contributed by atoms with E-state index in [0.29, 0.717) is 46.9 Å². The molecule has 1 aromatic rings. The van der Waals surface area contributed by atoms with Crippen molar-refractivity contribution >= 4 is 26.7 Å². The summed E-state index contributed by atoms with van der Waals surface area (Å²) in [5.74, 6) is 1.09. The summed E-state index contributed by atoms with van der Waals surface area (Å²) >= 11 is 0. The lowest BCUT2D eigenvalue weighted by Gasteiger charge is -2.33. The fourth-order valence-corrected chi connectivity index (χ4v) is 6.43. The molecule has 1 aromatic carbocycles. The molecule has 1 aliphatic carbocycles. The smallest absolute Gasteiger partial charge is 0.285 e. The molecule has 3 aliphatic rings. The Kier molecular flexibility index (Phi) is 6.24. The van der Waals surface area contributed by atoms with Crippen LogP contribution in [0.4, 0.5) is 0 Å². The van der Waals surface area contributed by atoms with E-state index < -0.39 is 10.0 Å². The molecule has 1 saturated heterocycles. The van der Waals surface area contributed by atoms with Gasteiger partial charge < -0.3 is 10.2 Å². The number of carbonyl (C=O) groups excluding carboxylic acids is 1. The number of amides is 1. The van der Waals surface area contributed by atoms with Gasteiger partial charge in [0.25, 0.3) is 10.0 Å². The summed E-state index contributed by atoms with van der Waals surface area (Å²) in [5, 5.41) is 3.20. The van der Waals surface area contributed by atoms with Crippen LogP contribution in [0.1, 0.15) is 76.3 Å². The van der Waals surface area contributed by atoms with Crippen LogP contribution in [0.25, 0.3) is 4.91 Å². The summed E-state index contributed by atoms with van der Waals surface area (Å²) in [7, 11) is -3.72. The van der Waals surface area contributed by atoms with E-state index in [1.165, 1.54) is 18.4 Å². The summed E-state index contributed by atoms with van der Waals surface area (Å²) in [5.41, 5.74) is 2.56. The van der Waals surface area contributed by atoms with E-state index >= 15 is 0 Å². The van der Waals surface area contributed by atoms with Crippen molar-refractivity contribution in [3.63, 3.8) is 0 Å². The van der Waals surface area contributed by atoms with E-state index in [-0.39, 0.29) is 11.8 Å². The van der Waals surface area contributed by atoms with Gasteiger partial charge in [-0.05, 0) is 49.7 Å². The summed E-state index contributed by atoms with van der Waals surface area (Å²) in [4.78, 5) is 14.9. The second kappa shape index (κ2) is 8.77. The Balaban J connectivity index is 1.45. The highest BCUT2D eigenvalue weighted by molar-refractivity contribution is 8.00. The summed E-state index contributed by atoms with van der Waals surface area (Å²) in [6.07, 6.45) is 6.03. The van der Waals surface area contributed by atoms with E-state index in [4.69, 9.17) is 0 Å². The molecule has 0 unspecified atom stereocenters. The number of benzene rings is 1. The zero-order valence-corrected chi connectivity index (χ0v) is 19.5. The average molecular weight is 444 g/mol. The van der Waals surface area contributed by atoms with Gasteiger partial charge in [0.15, 0.2) is 0 Å². The zero-order chi connectivity index (χ0) is 22.2. The number of nitrogens with zero attached hydrogens (tertiary/aromatic N) is 2. The Morgan fingerprint density at radius 1 is 1.06 bits per heavy atom. The Morgan fingerprint density at radius 2 is 1.68 bits per heavy atom. The predicted molar refractivity (Wildman–Crippen MR) is 124 cm³/mol. The monoisotopic (exact) mass is 443 g/mol. The maximum atomic E-state index is 12.9. The molecule has 2 fully saturated rings. The Bertz CT molecular complexity index is 995. The molecular formula is C24H33N3O3S. The SMILES string of the molecule is CC1=C(c2ccc(C(C)C)cc2)S(=O)(=O)N=C1N1CCC(C(=O)NC2CCCC2)CC1. The van der Waals surface area contributed by atoms with E-state index in [2.05, 4.69) is 23.6 Å². The van der Waals surface area contributed by atoms with Crippen LogP contribution in [0.15, 0.2) is 34.2 Å². The highest BCUT2D eigenvalue weighted by atomic mass is 32.2. The molecule has 7 heteroatoms. The molecule has 0 spiro atoms. The number of nitrogens with one attached hydrogen (secondary N) is 1. The molecule has 1 N–H and O–H groups in total. The minimum Gasteiger partial charge on any atom is -0.356 e. The number of carbonyl (C=O) groups is 1. The van der Waals surface area contributed by atoms with Crippen molar-refractivity contribution < 1.29 is 13.2 Å². The van der Waals surface area contributed by atoms with Gasteiger partial charge in [0, 0.05) is 30.6 Å². The van der Waals surface area contributed by atoms with Crippen molar-refractivity contribution in [1.29, 1.82) is 0 Å². The highest BCUT2D eigenvalue weighted by Gasteiger charge is 2.36. The molecule has 4 rings (SSSR count). The van der Waals surface area contributed by atoms with Gasteiger partial charge in [0.05, 0.1) is 0 Å². The topological polar surface area (TPSA) is 78.8 Å². The normalized spacial score (nSPS) is 22.3. The molecule has 0 radical (unpaired) electrons. The standard InChI is InChI=1S/C24H33N3O3S/c1-16(2)18-8-10-19(11-9-18)22-17(3)23(26-31(22,29)30)27-14-12-20(13-15-27)24(28)25-21-6-4-5-7-21/h8-11,16,20-21H,4-7,12-15H2,1-3H3,(H,25,28). The van der Waals surface area contributed by atoms with Gasteiger partial charge in [-0.25, -0.2) is 0 Å². The van der Waals surface area contributed by atoms with Crippen LogP contribution in [-0.4, -0.2) is 44.2 Å². The Hall–Kier alpha value is -2.15. The van der Waals surface area contributed by atoms with Gasteiger partial charge >= 0.3 is 0 Å². The van der Waals surface area contributed by atoms with Crippen LogP contribution >= 0.6 is 0 Å². The fourth-order valence-electron chi connectivity index (χ4n) is 4.95. The minimum absolute atomic E-state index is 0.00259. The second-order valence-electron chi connectivity index (χ2n) is 9.37. The van der Waals surface area contributed by atoms with E-state index in [1.54, 1.807) is 0 Å². The lowest BCUT2D eigenvalue weighted by Crippen LogP contribution is -2.44. The second-order valence-corrected chi connectivity index (χ2v) is 10.9. The number of hydrogen-bond donors (Lipinski definition) is 1. The largest absolute Gasteiger partial charge is 0.356 e. The van der Waals surface area contributed by atoms with Gasteiger partial charge in [-0.3, -0.25) is 4.79 Å². The summed E-state index contributed by atoms with van der Waals surface area (Å²) < 4.78 is 29.9. The molecule has 168 valence electrons. The van der Waals surface area contributed by atoms with Crippen LogP contribution in [0.3, 0.4) is 0 Å². The number of sulfonamides is 1. The third-order valence-corrected chi connectivity index (χ3v) is 8.32. The number of amidine groups is 1. The van der Waals surface area contributed by atoms with Crippen LogP contribution in [0, 0.1) is 5.92 Å². The van der Waals surface area contributed by atoms with Crippen molar-refractivity contribution in [3.05, 3.63) is 41.0 Å². The van der Waals surface area contributed by atoms with Crippen LogP contribution < -0.4 is 5.32 Å². The lowest BCUT2D eigenvalue weighted by molar-refractivity contribution is -0.126. The van der Waals surface area contributed by atoms with Crippen molar-refractivity contribution in [2.75, 3.05) is 13.1 Å². The molecule has 2 aliphatic heterocycles. The van der Waals surface area contributed by atoms with Gasteiger partial charge in [-0.2, -0.15) is 8.42 Å². The molecule has 2 heterocycles. The average Bonchev–Trinajstić information content (AvgIpc) is 3.33. The highest BCUT2D eigenvalue weighted by Crippen LogP contribution is 2.35. The molecular weight excluding hydrogens is 410 g/mol. The van der Waals surface area contributed by atoms with Crippen molar-refractivity contribution in [1.82, 2.24) is 10.2 Å². The maximum Gasteiger partial charge on any atom is 0.285 e. The Morgan fingerprint density at radius 3 is 2.26 bits per heavy atom. The van der Waals surface area contributed by atoms with Crippen LogP contribution in [0.2, 0.25) is 0 Å². The number of piperidine rings is 1. The van der Waals surface area contributed by atoms with Gasteiger partial charge in [0.1, 0.15) is 10.7 Å². The van der Waals surface area contributed by atoms with Gasteiger partial charge in [0.2, 0.25) is 5.91 Å². The molecule has 0 bridgehead atoms. The van der Waals surface area contributed by atoms with Gasteiger partial charge in [-0.1, -0.05) is 51.0 Å². The number of rotatable bonds is 4. The maximum absolute atomic E-state index is 12.9. The summed E-state index contributed by atoms with van der Waals surface area (Å²) in [6.45, 7) is 7.37. The van der Waals surface area contributed by atoms with Crippen molar-refractivity contribution in [3.8, 4) is 0 Å². The molecule has 31 heavy (non-hydrogen) atoms.